The Labute approximate surface area is 141 Å². The first-order valence-electron chi connectivity index (χ1n) is 7.88. The van der Waals surface area contributed by atoms with E-state index in [1.165, 1.54) is 33.3 Å². The quantitative estimate of drug-likeness (QED) is 0.619. The average Bonchev–Trinajstić information content (AvgIpc) is 2.57. The molecular weight excluding hydrogens is 304 g/mol. The second-order valence-corrected chi connectivity index (χ2v) is 6.66. The Hall–Kier alpha value is -2.19. The number of anilines is 2. The lowest BCUT2D eigenvalue weighted by atomic mass is 9.97. The van der Waals surface area contributed by atoms with Crippen molar-refractivity contribution in [2.24, 2.45) is 0 Å². The van der Waals surface area contributed by atoms with E-state index in [9.17, 15) is 0 Å². The molecule has 3 aromatic rings. The van der Waals surface area contributed by atoms with E-state index in [-0.39, 0.29) is 0 Å². The van der Waals surface area contributed by atoms with E-state index >= 15 is 0 Å². The third kappa shape index (κ3) is 2.43. The summed E-state index contributed by atoms with van der Waals surface area (Å²) in [7, 11) is 4.31. The summed E-state index contributed by atoms with van der Waals surface area (Å²) >= 11 is 6.35. The fourth-order valence-corrected chi connectivity index (χ4v) is 3.60. The third-order valence-corrected chi connectivity index (χ3v) is 4.92. The molecule has 0 amide bonds. The van der Waals surface area contributed by atoms with Gasteiger partial charge >= 0.3 is 0 Å². The Morgan fingerprint density at radius 3 is 2.39 bits per heavy atom. The summed E-state index contributed by atoms with van der Waals surface area (Å²) in [4.78, 5) is 4.64. The minimum atomic E-state index is 0.780. The summed E-state index contributed by atoms with van der Waals surface area (Å²) < 4.78 is 0. The second-order valence-electron chi connectivity index (χ2n) is 6.22. The van der Waals surface area contributed by atoms with Gasteiger partial charge in [0.2, 0.25) is 0 Å². The third-order valence-electron chi connectivity index (χ3n) is 4.71. The molecule has 0 saturated heterocycles. The van der Waals surface area contributed by atoms with Crippen molar-refractivity contribution in [3.05, 3.63) is 59.6 Å². The number of halogens is 1. The smallest absolute Gasteiger partial charge is 0.0608 e. The first kappa shape index (κ1) is 14.4. The molecule has 1 aliphatic rings. The van der Waals surface area contributed by atoms with Gasteiger partial charge in [0, 0.05) is 32.2 Å². The number of benzene rings is 3. The summed E-state index contributed by atoms with van der Waals surface area (Å²) in [5, 5.41) is 3.20. The second kappa shape index (κ2) is 5.47. The number of nitrogens with zero attached hydrogens (tertiary/aromatic N) is 2. The van der Waals surface area contributed by atoms with E-state index in [0.717, 1.165) is 18.1 Å². The highest BCUT2D eigenvalue weighted by atomic mass is 35.5. The molecule has 23 heavy (non-hydrogen) atoms. The fourth-order valence-electron chi connectivity index (χ4n) is 3.37. The molecule has 0 aliphatic carbocycles. The summed E-state index contributed by atoms with van der Waals surface area (Å²) in [5.41, 5.74) is 4.97. The molecule has 0 atom stereocenters. The lowest BCUT2D eigenvalue weighted by Crippen LogP contribution is -2.36. The zero-order chi connectivity index (χ0) is 16.0. The van der Waals surface area contributed by atoms with E-state index in [1.54, 1.807) is 0 Å². The Balaban J connectivity index is 1.94. The van der Waals surface area contributed by atoms with Crippen LogP contribution >= 0.6 is 11.6 Å². The molecule has 0 saturated carbocycles. The maximum atomic E-state index is 6.35. The minimum Gasteiger partial charge on any atom is -0.371 e. The van der Waals surface area contributed by atoms with Crippen molar-refractivity contribution in [3.8, 4) is 11.1 Å². The largest absolute Gasteiger partial charge is 0.371 e. The van der Waals surface area contributed by atoms with Crippen LogP contribution in [0.15, 0.2) is 54.6 Å². The van der Waals surface area contributed by atoms with E-state index in [2.05, 4.69) is 72.4 Å². The lowest BCUT2D eigenvalue weighted by Gasteiger charge is -2.35. The molecule has 0 spiro atoms. The molecule has 4 rings (SSSR count). The van der Waals surface area contributed by atoms with Gasteiger partial charge in [-0.2, -0.15) is 0 Å². The number of likely N-dealkylation sites (N-methyl/N-ethyl adjacent to an activating group) is 2. The fraction of sp³-hybridized carbons (Fsp3) is 0.200. The van der Waals surface area contributed by atoms with Crippen LogP contribution in [0.25, 0.3) is 21.9 Å². The van der Waals surface area contributed by atoms with Crippen LogP contribution in [-0.2, 0) is 0 Å². The zero-order valence-corrected chi connectivity index (χ0v) is 14.1. The molecule has 0 N–H and O–H groups in total. The molecule has 0 fully saturated rings. The Bertz CT molecular complexity index is 888. The van der Waals surface area contributed by atoms with E-state index in [4.69, 9.17) is 11.6 Å². The molecule has 0 aromatic heterocycles. The van der Waals surface area contributed by atoms with Gasteiger partial charge in [-0.05, 0) is 46.2 Å². The van der Waals surface area contributed by atoms with Crippen molar-refractivity contribution in [1.82, 2.24) is 0 Å². The highest BCUT2D eigenvalue weighted by Crippen LogP contribution is 2.38. The van der Waals surface area contributed by atoms with Crippen molar-refractivity contribution < 1.29 is 0 Å². The number of fused-ring (bicyclic) bond motifs is 2. The molecule has 1 heterocycles. The highest BCUT2D eigenvalue weighted by Gasteiger charge is 2.18. The first-order valence-corrected chi connectivity index (χ1v) is 8.26. The van der Waals surface area contributed by atoms with Crippen molar-refractivity contribution in [3.63, 3.8) is 0 Å². The van der Waals surface area contributed by atoms with Crippen LogP contribution in [0.5, 0.6) is 0 Å². The number of hydrogen-bond acceptors (Lipinski definition) is 2. The molecule has 2 nitrogen and oxygen atoms in total. The molecule has 0 bridgehead atoms. The van der Waals surface area contributed by atoms with Gasteiger partial charge in [0.25, 0.3) is 0 Å². The van der Waals surface area contributed by atoms with Crippen LogP contribution in [0.3, 0.4) is 0 Å². The molecule has 3 heteroatoms. The number of rotatable bonds is 1. The van der Waals surface area contributed by atoms with Crippen molar-refractivity contribution >= 4 is 33.7 Å². The van der Waals surface area contributed by atoms with Gasteiger partial charge in [0.15, 0.2) is 0 Å². The van der Waals surface area contributed by atoms with Gasteiger partial charge in [0.1, 0.15) is 0 Å². The molecule has 3 aromatic carbocycles. The minimum absolute atomic E-state index is 0.780. The van der Waals surface area contributed by atoms with E-state index in [1.807, 2.05) is 6.07 Å². The van der Waals surface area contributed by atoms with Gasteiger partial charge in [-0.25, -0.2) is 0 Å². The van der Waals surface area contributed by atoms with E-state index in [0.29, 0.717) is 0 Å². The Morgan fingerprint density at radius 1 is 0.826 bits per heavy atom. The summed E-state index contributed by atoms with van der Waals surface area (Å²) in [5.74, 6) is 0. The summed E-state index contributed by atoms with van der Waals surface area (Å²) in [6.45, 7) is 2.10. The Morgan fingerprint density at radius 2 is 1.57 bits per heavy atom. The highest BCUT2D eigenvalue weighted by molar-refractivity contribution is 6.32. The zero-order valence-electron chi connectivity index (χ0n) is 13.4. The van der Waals surface area contributed by atoms with Crippen molar-refractivity contribution in [2.45, 2.75) is 0 Å². The molecule has 116 valence electrons. The summed E-state index contributed by atoms with van der Waals surface area (Å²) in [6, 6.07) is 19.2. The van der Waals surface area contributed by atoms with Crippen molar-refractivity contribution in [1.29, 1.82) is 0 Å². The molecular formula is C20H19ClN2. The lowest BCUT2D eigenvalue weighted by molar-refractivity contribution is 0.798. The SMILES string of the molecule is CN1CCN(C)c2cc(-c3cc(Cl)cc4ccccc34)ccc21. The normalized spacial score (nSPS) is 14.2. The monoisotopic (exact) mass is 322 g/mol. The van der Waals surface area contributed by atoms with Crippen LogP contribution in [-0.4, -0.2) is 27.2 Å². The molecule has 0 radical (unpaired) electrons. The van der Waals surface area contributed by atoms with Crippen LogP contribution < -0.4 is 9.80 Å². The van der Waals surface area contributed by atoms with E-state index < -0.39 is 0 Å². The predicted octanol–water partition coefficient (Wildman–Crippen LogP) is 5.05. The Kier molecular flexibility index (Phi) is 3.42. The van der Waals surface area contributed by atoms with Gasteiger partial charge in [0.05, 0.1) is 11.4 Å². The maximum absolute atomic E-state index is 6.35. The van der Waals surface area contributed by atoms with Crippen LogP contribution in [0.4, 0.5) is 11.4 Å². The topological polar surface area (TPSA) is 6.48 Å². The standard InChI is InChI=1S/C20H19ClN2/c1-22-9-10-23(2)20-12-15(7-8-19(20)22)18-13-16(21)11-14-5-3-4-6-17(14)18/h3-8,11-13H,9-10H2,1-2H3. The molecule has 1 aliphatic heterocycles. The van der Waals surface area contributed by atoms with Gasteiger partial charge < -0.3 is 9.80 Å². The number of hydrogen-bond donors (Lipinski definition) is 0. The predicted molar refractivity (Wildman–Crippen MR) is 101 cm³/mol. The van der Waals surface area contributed by atoms with Crippen LogP contribution in [0.1, 0.15) is 0 Å². The van der Waals surface area contributed by atoms with Crippen LogP contribution in [0.2, 0.25) is 5.02 Å². The van der Waals surface area contributed by atoms with Gasteiger partial charge in [-0.3, -0.25) is 0 Å². The van der Waals surface area contributed by atoms with Crippen molar-refractivity contribution in [2.75, 3.05) is 37.0 Å². The van der Waals surface area contributed by atoms with Gasteiger partial charge in [-0.1, -0.05) is 41.9 Å². The average molecular weight is 323 g/mol. The maximum Gasteiger partial charge on any atom is 0.0608 e. The van der Waals surface area contributed by atoms with Gasteiger partial charge in [-0.15, -0.1) is 0 Å². The van der Waals surface area contributed by atoms with Crippen LogP contribution in [0, 0.1) is 0 Å². The first-order chi connectivity index (χ1) is 11.1. The molecule has 0 unspecified atom stereocenters. The summed E-state index contributed by atoms with van der Waals surface area (Å²) in [6.07, 6.45) is 0.